The molecule has 4 aliphatic carbocycles. The first-order chi connectivity index (χ1) is 13.2. The van der Waals surface area contributed by atoms with Gasteiger partial charge in [0.25, 0.3) is 0 Å². The van der Waals surface area contributed by atoms with E-state index in [-0.39, 0.29) is 28.6 Å². The Kier molecular flexibility index (Phi) is 4.97. The molecule has 0 amide bonds. The summed E-state index contributed by atoms with van der Waals surface area (Å²) in [5.74, 6) is 2.41. The summed E-state index contributed by atoms with van der Waals surface area (Å²) in [6, 6.07) is 0. The number of allylic oxidation sites excluding steroid dienone is 3. The number of fused-ring (bicyclic) bond motifs is 5. The Labute approximate surface area is 169 Å². The zero-order chi connectivity index (χ0) is 20.3. The lowest BCUT2D eigenvalue weighted by Gasteiger charge is -2.57. The van der Waals surface area contributed by atoms with Gasteiger partial charge in [-0.3, -0.25) is 9.59 Å². The van der Waals surface area contributed by atoms with E-state index in [0.29, 0.717) is 35.9 Å². The van der Waals surface area contributed by atoms with Crippen molar-refractivity contribution in [1.82, 2.24) is 0 Å². The minimum Gasteiger partial charge on any atom is -0.393 e. The van der Waals surface area contributed by atoms with Crippen molar-refractivity contribution in [2.24, 2.45) is 40.4 Å². The third kappa shape index (κ3) is 2.96. The lowest BCUT2D eigenvalue weighted by Crippen LogP contribution is -2.53. The SMILES string of the molecule is CC(=O)/C=C/[C@@H](C)[C@H]1CC[C@H]2[C@@H]3C(=O)C=C4C[C@@H](O)CC[C@]4(C)[C@H]3CC[C@]12C. The molecule has 4 rings (SSSR count). The van der Waals surface area contributed by atoms with Crippen LogP contribution in [-0.4, -0.2) is 22.8 Å². The van der Waals surface area contributed by atoms with Gasteiger partial charge in [-0.25, -0.2) is 0 Å². The normalized spacial score (nSPS) is 46.5. The van der Waals surface area contributed by atoms with E-state index in [4.69, 9.17) is 0 Å². The van der Waals surface area contributed by atoms with Gasteiger partial charge in [-0.15, -0.1) is 0 Å². The Hall–Kier alpha value is -1.22. The summed E-state index contributed by atoms with van der Waals surface area (Å²) >= 11 is 0. The predicted octanol–water partition coefficient (Wildman–Crippen LogP) is 4.89. The first kappa shape index (κ1) is 20.1. The molecule has 3 saturated carbocycles. The molecule has 28 heavy (non-hydrogen) atoms. The Morgan fingerprint density at radius 3 is 2.64 bits per heavy atom. The minimum atomic E-state index is -0.276. The molecule has 0 radical (unpaired) electrons. The molecule has 0 unspecified atom stereocenters. The highest BCUT2D eigenvalue weighted by Gasteiger charge is 2.61. The van der Waals surface area contributed by atoms with Crippen molar-refractivity contribution in [3.05, 3.63) is 23.8 Å². The van der Waals surface area contributed by atoms with Crippen LogP contribution in [0.1, 0.15) is 72.6 Å². The minimum absolute atomic E-state index is 0.0946. The number of aliphatic hydroxyl groups is 1. The van der Waals surface area contributed by atoms with Gasteiger partial charge in [0, 0.05) is 5.92 Å². The number of hydrogen-bond donors (Lipinski definition) is 1. The maximum absolute atomic E-state index is 13.3. The van der Waals surface area contributed by atoms with Gasteiger partial charge < -0.3 is 5.11 Å². The topological polar surface area (TPSA) is 54.4 Å². The van der Waals surface area contributed by atoms with E-state index in [1.54, 1.807) is 13.0 Å². The number of carbonyl (C=O) groups excluding carboxylic acids is 2. The number of aliphatic hydroxyl groups excluding tert-OH is 1. The number of hydrogen-bond acceptors (Lipinski definition) is 3. The van der Waals surface area contributed by atoms with Crippen LogP contribution >= 0.6 is 0 Å². The molecule has 0 aliphatic heterocycles. The molecule has 3 nitrogen and oxygen atoms in total. The molecule has 8 atom stereocenters. The van der Waals surface area contributed by atoms with Crippen molar-refractivity contribution in [3.8, 4) is 0 Å². The van der Waals surface area contributed by atoms with Gasteiger partial charge in [0.2, 0.25) is 0 Å². The molecule has 0 bridgehead atoms. The summed E-state index contributed by atoms with van der Waals surface area (Å²) in [5.41, 5.74) is 1.50. The van der Waals surface area contributed by atoms with Crippen LogP contribution in [0.2, 0.25) is 0 Å². The van der Waals surface area contributed by atoms with E-state index >= 15 is 0 Å². The van der Waals surface area contributed by atoms with Gasteiger partial charge in [-0.1, -0.05) is 32.4 Å². The summed E-state index contributed by atoms with van der Waals surface area (Å²) in [6.45, 7) is 8.64. The van der Waals surface area contributed by atoms with Gasteiger partial charge in [0.05, 0.1) is 6.10 Å². The van der Waals surface area contributed by atoms with Gasteiger partial charge in [-0.2, -0.15) is 0 Å². The molecular formula is C25H36O3. The summed E-state index contributed by atoms with van der Waals surface area (Å²) < 4.78 is 0. The molecule has 0 aromatic carbocycles. The van der Waals surface area contributed by atoms with E-state index in [2.05, 4.69) is 26.8 Å². The Morgan fingerprint density at radius 2 is 1.93 bits per heavy atom. The van der Waals surface area contributed by atoms with E-state index in [9.17, 15) is 14.7 Å². The summed E-state index contributed by atoms with van der Waals surface area (Å²) in [5, 5.41) is 10.1. The Bertz CT molecular complexity index is 734. The maximum Gasteiger partial charge on any atom is 0.159 e. The molecule has 0 heterocycles. The standard InChI is InChI=1S/C25H36O3/c1-15(5-6-16(2)26)19-7-8-20-23-21(10-12-25(19,20)4)24(3)11-9-18(27)13-17(24)14-22(23)28/h5-6,14-15,18-21,23,27H,7-13H2,1-4H3/b6-5+/t15-,18+,19-,20+,21+,23+,24+,25-/m1/s1. The smallest absolute Gasteiger partial charge is 0.159 e. The first-order valence-electron chi connectivity index (χ1n) is 11.3. The molecule has 3 fully saturated rings. The van der Waals surface area contributed by atoms with Crippen LogP contribution in [0.3, 0.4) is 0 Å². The fraction of sp³-hybridized carbons (Fsp3) is 0.760. The second-order valence-electron chi connectivity index (χ2n) is 10.7. The fourth-order valence-corrected chi connectivity index (χ4v) is 7.71. The van der Waals surface area contributed by atoms with Gasteiger partial charge in [0.15, 0.2) is 11.6 Å². The monoisotopic (exact) mass is 384 g/mol. The number of carbonyl (C=O) groups is 2. The quantitative estimate of drug-likeness (QED) is 0.705. The third-order valence-corrected chi connectivity index (χ3v) is 9.26. The number of rotatable bonds is 3. The van der Waals surface area contributed by atoms with E-state index < -0.39 is 0 Å². The van der Waals surface area contributed by atoms with Crippen molar-refractivity contribution in [2.75, 3.05) is 0 Å². The molecule has 1 N–H and O–H groups in total. The van der Waals surface area contributed by atoms with Crippen LogP contribution in [-0.2, 0) is 9.59 Å². The van der Waals surface area contributed by atoms with Gasteiger partial charge >= 0.3 is 0 Å². The molecule has 0 spiro atoms. The zero-order valence-corrected chi connectivity index (χ0v) is 17.9. The summed E-state index contributed by atoms with van der Waals surface area (Å²) in [4.78, 5) is 24.7. The first-order valence-corrected chi connectivity index (χ1v) is 11.3. The van der Waals surface area contributed by atoms with Crippen molar-refractivity contribution in [1.29, 1.82) is 0 Å². The highest BCUT2D eigenvalue weighted by Crippen LogP contribution is 2.66. The second-order valence-corrected chi connectivity index (χ2v) is 10.7. The average molecular weight is 385 g/mol. The van der Waals surface area contributed by atoms with Crippen molar-refractivity contribution in [3.63, 3.8) is 0 Å². The van der Waals surface area contributed by atoms with Gasteiger partial charge in [-0.05, 0) is 98.5 Å². The molecule has 3 heteroatoms. The molecule has 154 valence electrons. The lowest BCUT2D eigenvalue weighted by molar-refractivity contribution is -0.134. The van der Waals surface area contributed by atoms with Crippen LogP contribution in [0.4, 0.5) is 0 Å². The molecule has 4 aliphatic rings. The van der Waals surface area contributed by atoms with Crippen molar-refractivity contribution in [2.45, 2.75) is 78.7 Å². The van der Waals surface area contributed by atoms with E-state index in [0.717, 1.165) is 32.1 Å². The van der Waals surface area contributed by atoms with E-state index in [1.165, 1.54) is 12.0 Å². The maximum atomic E-state index is 13.3. The van der Waals surface area contributed by atoms with Crippen LogP contribution in [0, 0.1) is 40.4 Å². The Morgan fingerprint density at radius 1 is 1.18 bits per heavy atom. The molecule has 0 aromatic rings. The van der Waals surface area contributed by atoms with Gasteiger partial charge in [0.1, 0.15) is 0 Å². The average Bonchev–Trinajstić information content (AvgIpc) is 2.98. The van der Waals surface area contributed by atoms with Crippen molar-refractivity contribution >= 4 is 11.6 Å². The van der Waals surface area contributed by atoms with Crippen LogP contribution in [0.25, 0.3) is 0 Å². The lowest BCUT2D eigenvalue weighted by atomic mass is 9.46. The molecular weight excluding hydrogens is 348 g/mol. The molecule has 0 aromatic heterocycles. The van der Waals surface area contributed by atoms with Crippen molar-refractivity contribution < 1.29 is 14.7 Å². The third-order valence-electron chi connectivity index (χ3n) is 9.26. The number of ketones is 2. The Balaban J connectivity index is 1.63. The van der Waals surface area contributed by atoms with Crippen LogP contribution in [0.5, 0.6) is 0 Å². The summed E-state index contributed by atoms with van der Waals surface area (Å²) in [7, 11) is 0. The van der Waals surface area contributed by atoms with Crippen LogP contribution in [0.15, 0.2) is 23.8 Å². The van der Waals surface area contributed by atoms with E-state index in [1.807, 2.05) is 6.08 Å². The summed E-state index contributed by atoms with van der Waals surface area (Å²) in [6.07, 6.45) is 12.6. The largest absolute Gasteiger partial charge is 0.393 e. The molecule has 0 saturated heterocycles. The highest BCUT2D eigenvalue weighted by molar-refractivity contribution is 5.94. The fourth-order valence-electron chi connectivity index (χ4n) is 7.71. The van der Waals surface area contributed by atoms with Crippen LogP contribution < -0.4 is 0 Å². The predicted molar refractivity (Wildman–Crippen MR) is 111 cm³/mol. The zero-order valence-electron chi connectivity index (χ0n) is 17.9. The highest BCUT2D eigenvalue weighted by atomic mass is 16.3. The second kappa shape index (κ2) is 6.93.